The molecule has 0 radical (unpaired) electrons. The number of rotatable bonds is 6. The minimum absolute atomic E-state index is 0.524. The summed E-state index contributed by atoms with van der Waals surface area (Å²) in [6, 6.07) is 0. The molecule has 5 rings (SSSR count). The molecule has 2 aliphatic carbocycles. The highest BCUT2D eigenvalue weighted by Gasteiger charge is 2.30. The Kier molecular flexibility index (Phi) is 4.01. The van der Waals surface area contributed by atoms with Crippen molar-refractivity contribution < 1.29 is 9.05 Å². The fourth-order valence-corrected chi connectivity index (χ4v) is 3.40. The lowest BCUT2D eigenvalue weighted by molar-refractivity contribution is 0.219. The molecule has 3 fully saturated rings. The zero-order chi connectivity index (χ0) is 16.6. The molecule has 8 heteroatoms. The van der Waals surface area contributed by atoms with Gasteiger partial charge in [-0.05, 0) is 45.2 Å². The summed E-state index contributed by atoms with van der Waals surface area (Å²) in [4.78, 5) is 13.9. The predicted molar refractivity (Wildman–Crippen MR) is 87.7 cm³/mol. The molecule has 25 heavy (non-hydrogen) atoms. The van der Waals surface area contributed by atoms with Gasteiger partial charge in [-0.1, -0.05) is 10.3 Å². The quantitative estimate of drug-likeness (QED) is 0.786. The zero-order valence-electron chi connectivity index (χ0n) is 14.4. The van der Waals surface area contributed by atoms with Crippen molar-refractivity contribution in [2.24, 2.45) is 0 Å². The fourth-order valence-electron chi connectivity index (χ4n) is 3.40. The zero-order valence-corrected chi connectivity index (χ0v) is 14.4. The standard InChI is InChI=1S/C17H24N6O2/c1-6-22(10-14-18-17(25-20-14)13-4-5-13)8-9-23(7-1)11-15-19-16(21-24-15)12-2-3-12/h12-13H,1-11H2. The van der Waals surface area contributed by atoms with Gasteiger partial charge in [-0.3, -0.25) is 9.80 Å². The van der Waals surface area contributed by atoms with Gasteiger partial charge < -0.3 is 9.05 Å². The Labute approximate surface area is 146 Å². The monoisotopic (exact) mass is 344 g/mol. The van der Waals surface area contributed by atoms with Crippen LogP contribution in [0.4, 0.5) is 0 Å². The third-order valence-electron chi connectivity index (χ3n) is 5.24. The lowest BCUT2D eigenvalue weighted by Gasteiger charge is -2.19. The minimum atomic E-state index is 0.524. The van der Waals surface area contributed by atoms with Crippen LogP contribution in [0, 0.1) is 0 Å². The maximum atomic E-state index is 5.41. The van der Waals surface area contributed by atoms with Crippen molar-refractivity contribution in [3.05, 3.63) is 23.4 Å². The van der Waals surface area contributed by atoms with Crippen LogP contribution in [0.5, 0.6) is 0 Å². The summed E-state index contributed by atoms with van der Waals surface area (Å²) < 4.78 is 10.8. The molecule has 0 amide bonds. The van der Waals surface area contributed by atoms with E-state index in [2.05, 4.69) is 30.1 Å². The Balaban J connectivity index is 1.13. The molecule has 2 saturated carbocycles. The Morgan fingerprint density at radius 2 is 1.56 bits per heavy atom. The summed E-state index contributed by atoms with van der Waals surface area (Å²) in [5, 5.41) is 8.25. The Morgan fingerprint density at radius 1 is 0.800 bits per heavy atom. The summed E-state index contributed by atoms with van der Waals surface area (Å²) in [7, 11) is 0. The van der Waals surface area contributed by atoms with Crippen LogP contribution < -0.4 is 0 Å². The van der Waals surface area contributed by atoms with Gasteiger partial charge in [0.25, 0.3) is 0 Å². The molecular formula is C17H24N6O2. The van der Waals surface area contributed by atoms with E-state index in [1.807, 2.05) is 0 Å². The molecule has 3 heterocycles. The van der Waals surface area contributed by atoms with Crippen molar-refractivity contribution in [2.75, 3.05) is 26.2 Å². The smallest absolute Gasteiger partial charge is 0.240 e. The first kappa shape index (κ1) is 15.5. The van der Waals surface area contributed by atoms with E-state index in [-0.39, 0.29) is 0 Å². The molecule has 0 atom stereocenters. The third-order valence-corrected chi connectivity index (χ3v) is 5.24. The van der Waals surface area contributed by atoms with Gasteiger partial charge in [-0.15, -0.1) is 0 Å². The second-order valence-electron chi connectivity index (χ2n) is 7.55. The second kappa shape index (κ2) is 6.49. The normalized spacial score (nSPS) is 23.0. The van der Waals surface area contributed by atoms with Crippen LogP contribution in [0.3, 0.4) is 0 Å². The van der Waals surface area contributed by atoms with Crippen molar-refractivity contribution in [3.63, 3.8) is 0 Å². The SMILES string of the molecule is C1CN(Cc2noc(C3CC3)n2)CCN(Cc2nc(C3CC3)no2)C1. The van der Waals surface area contributed by atoms with Crippen molar-refractivity contribution in [1.29, 1.82) is 0 Å². The van der Waals surface area contributed by atoms with E-state index in [0.717, 1.165) is 69.1 Å². The third kappa shape index (κ3) is 3.74. The van der Waals surface area contributed by atoms with Gasteiger partial charge >= 0.3 is 0 Å². The lowest BCUT2D eigenvalue weighted by Crippen LogP contribution is -2.30. The van der Waals surface area contributed by atoms with Crippen molar-refractivity contribution in [3.8, 4) is 0 Å². The van der Waals surface area contributed by atoms with Crippen LogP contribution in [0.1, 0.15) is 67.4 Å². The van der Waals surface area contributed by atoms with Crippen LogP contribution in [0.15, 0.2) is 9.05 Å². The highest BCUT2D eigenvalue weighted by molar-refractivity contribution is 5.03. The Morgan fingerprint density at radius 3 is 2.32 bits per heavy atom. The summed E-state index contributed by atoms with van der Waals surface area (Å²) in [5.41, 5.74) is 0. The highest BCUT2D eigenvalue weighted by Crippen LogP contribution is 2.39. The first-order valence-corrected chi connectivity index (χ1v) is 9.43. The molecule has 0 bridgehead atoms. The van der Waals surface area contributed by atoms with Crippen LogP contribution in [0.2, 0.25) is 0 Å². The maximum Gasteiger partial charge on any atom is 0.240 e. The molecule has 0 N–H and O–H groups in total. The lowest BCUT2D eigenvalue weighted by atomic mass is 10.3. The van der Waals surface area contributed by atoms with Gasteiger partial charge in [0, 0.05) is 24.9 Å². The molecule has 0 aromatic carbocycles. The molecule has 1 aliphatic heterocycles. The van der Waals surface area contributed by atoms with Crippen LogP contribution in [0.25, 0.3) is 0 Å². The molecule has 2 aromatic rings. The van der Waals surface area contributed by atoms with E-state index < -0.39 is 0 Å². The van der Waals surface area contributed by atoms with Crippen molar-refractivity contribution >= 4 is 0 Å². The highest BCUT2D eigenvalue weighted by atomic mass is 16.5. The molecule has 2 aromatic heterocycles. The first-order valence-electron chi connectivity index (χ1n) is 9.43. The molecular weight excluding hydrogens is 320 g/mol. The predicted octanol–water partition coefficient (Wildman–Crippen LogP) is 1.92. The molecule has 0 unspecified atom stereocenters. The molecule has 8 nitrogen and oxygen atoms in total. The van der Waals surface area contributed by atoms with Gasteiger partial charge in [0.1, 0.15) is 0 Å². The van der Waals surface area contributed by atoms with E-state index in [9.17, 15) is 0 Å². The van der Waals surface area contributed by atoms with Crippen LogP contribution >= 0.6 is 0 Å². The molecule has 1 saturated heterocycles. The summed E-state index contributed by atoms with van der Waals surface area (Å²) in [5.74, 6) is 4.37. The molecule has 134 valence electrons. The van der Waals surface area contributed by atoms with Crippen LogP contribution in [-0.2, 0) is 13.1 Å². The Bertz CT molecular complexity index is 660. The number of aromatic nitrogens is 4. The average Bonchev–Trinajstić information content (AvgIpc) is 3.54. The minimum Gasteiger partial charge on any atom is -0.339 e. The van der Waals surface area contributed by atoms with Gasteiger partial charge in [0.15, 0.2) is 11.6 Å². The van der Waals surface area contributed by atoms with Gasteiger partial charge in [-0.25, -0.2) is 0 Å². The van der Waals surface area contributed by atoms with Crippen molar-refractivity contribution in [2.45, 2.75) is 57.0 Å². The summed E-state index contributed by atoms with van der Waals surface area (Å²) in [6.45, 7) is 5.63. The fraction of sp³-hybridized carbons (Fsp3) is 0.765. The molecule has 3 aliphatic rings. The first-order chi connectivity index (χ1) is 12.3. The average molecular weight is 344 g/mol. The van der Waals surface area contributed by atoms with Gasteiger partial charge in [-0.2, -0.15) is 9.97 Å². The second-order valence-corrected chi connectivity index (χ2v) is 7.55. The largest absolute Gasteiger partial charge is 0.339 e. The topological polar surface area (TPSA) is 84.3 Å². The Hall–Kier alpha value is -1.80. The van der Waals surface area contributed by atoms with E-state index >= 15 is 0 Å². The maximum absolute atomic E-state index is 5.41. The van der Waals surface area contributed by atoms with Gasteiger partial charge in [0.05, 0.1) is 13.1 Å². The van der Waals surface area contributed by atoms with Gasteiger partial charge in [0.2, 0.25) is 11.8 Å². The summed E-state index contributed by atoms with van der Waals surface area (Å²) in [6.07, 6.45) is 5.92. The van der Waals surface area contributed by atoms with Crippen LogP contribution in [-0.4, -0.2) is 56.3 Å². The van der Waals surface area contributed by atoms with E-state index in [1.165, 1.54) is 25.7 Å². The summed E-state index contributed by atoms with van der Waals surface area (Å²) >= 11 is 0. The number of hydrogen-bond acceptors (Lipinski definition) is 8. The molecule has 0 spiro atoms. The number of nitrogens with zero attached hydrogens (tertiary/aromatic N) is 6. The van der Waals surface area contributed by atoms with Crippen molar-refractivity contribution in [1.82, 2.24) is 30.1 Å². The number of hydrogen-bond donors (Lipinski definition) is 0. The van der Waals surface area contributed by atoms with E-state index in [4.69, 9.17) is 9.05 Å². The van der Waals surface area contributed by atoms with E-state index in [1.54, 1.807) is 0 Å². The van der Waals surface area contributed by atoms with E-state index in [0.29, 0.717) is 11.8 Å².